The van der Waals surface area contributed by atoms with E-state index < -0.39 is 43.1 Å². The zero-order chi connectivity index (χ0) is 24.7. The van der Waals surface area contributed by atoms with Crippen LogP contribution in [0, 0.1) is 0 Å². The van der Waals surface area contributed by atoms with Gasteiger partial charge in [0.1, 0.15) is 24.3 Å². The van der Waals surface area contributed by atoms with Crippen LogP contribution in [-0.2, 0) is 4.74 Å². The summed E-state index contributed by atoms with van der Waals surface area (Å²) < 4.78 is 47.0. The molecule has 0 saturated heterocycles. The summed E-state index contributed by atoms with van der Waals surface area (Å²) in [6.07, 6.45) is -6.93. The molecule has 1 aromatic heterocycles. The van der Waals surface area contributed by atoms with Crippen molar-refractivity contribution in [1.82, 2.24) is 9.55 Å². The third-order valence-corrected chi connectivity index (χ3v) is 4.58. The maximum Gasteiger partial charge on any atom is 0.351 e. The van der Waals surface area contributed by atoms with Crippen LogP contribution in [0.15, 0.2) is 29.2 Å². The van der Waals surface area contributed by atoms with E-state index in [0.717, 1.165) is 4.57 Å². The first-order valence-electron chi connectivity index (χ1n) is 9.59. The van der Waals surface area contributed by atoms with Gasteiger partial charge in [-0.05, 0) is 25.1 Å². The molecule has 0 aliphatic carbocycles. The van der Waals surface area contributed by atoms with Gasteiger partial charge in [0, 0.05) is 11.8 Å². The van der Waals surface area contributed by atoms with Crippen LogP contribution in [0.1, 0.15) is 23.5 Å². The number of hydrogen-bond donors (Lipinski definition) is 3. The maximum atomic E-state index is 12.7. The first-order valence-corrected chi connectivity index (χ1v) is 9.59. The Morgan fingerprint density at radius 3 is 2.24 bits per heavy atom. The molecule has 0 radical (unpaired) electrons. The Bertz CT molecular complexity index is 992. The van der Waals surface area contributed by atoms with Gasteiger partial charge in [-0.1, -0.05) is 0 Å². The number of carbonyl (C=O) groups is 1. The standard InChI is InChI=1S/C20H25F2N3O8/c1-10(33-14(9-26)16(27)18(21)22)25-6-5-15(24-20(25)29)23-19(28)11-7-12(30-2)17(32-4)13(8-11)31-3/h5-8,10,14,16,18,26-27H,9H2,1-4H3,(H,23,24,28,29)/t10-,14?,16?/m1/s1. The summed E-state index contributed by atoms with van der Waals surface area (Å²) in [6, 6.07) is 4.11. The Labute approximate surface area is 187 Å². The largest absolute Gasteiger partial charge is 0.493 e. The number of aromatic nitrogens is 2. The molecule has 1 aromatic carbocycles. The number of anilines is 1. The number of nitrogens with zero attached hydrogens (tertiary/aromatic N) is 2. The minimum atomic E-state index is -3.14. The zero-order valence-corrected chi connectivity index (χ0v) is 18.3. The molecule has 0 spiro atoms. The van der Waals surface area contributed by atoms with E-state index in [4.69, 9.17) is 18.9 Å². The third kappa shape index (κ3) is 6.15. The van der Waals surface area contributed by atoms with Crippen molar-refractivity contribution in [1.29, 1.82) is 0 Å². The van der Waals surface area contributed by atoms with E-state index in [1.807, 2.05) is 0 Å². The van der Waals surface area contributed by atoms with E-state index in [2.05, 4.69) is 10.3 Å². The summed E-state index contributed by atoms with van der Waals surface area (Å²) >= 11 is 0. The lowest BCUT2D eigenvalue weighted by atomic mass is 10.1. The van der Waals surface area contributed by atoms with Crippen molar-refractivity contribution in [2.45, 2.75) is 31.8 Å². The number of alkyl halides is 2. The molecule has 33 heavy (non-hydrogen) atoms. The van der Waals surface area contributed by atoms with Crippen LogP contribution in [0.2, 0.25) is 0 Å². The average molecular weight is 473 g/mol. The highest BCUT2D eigenvalue weighted by Crippen LogP contribution is 2.38. The lowest BCUT2D eigenvalue weighted by Crippen LogP contribution is -2.40. The average Bonchev–Trinajstić information content (AvgIpc) is 2.80. The number of aliphatic hydroxyl groups excluding tert-OH is 2. The first kappa shape index (κ1) is 26.0. The molecule has 11 nitrogen and oxygen atoms in total. The fourth-order valence-electron chi connectivity index (χ4n) is 2.87. The molecule has 13 heteroatoms. The summed E-state index contributed by atoms with van der Waals surface area (Å²) in [7, 11) is 4.21. The van der Waals surface area contributed by atoms with E-state index in [0.29, 0.717) is 5.75 Å². The van der Waals surface area contributed by atoms with Crippen molar-refractivity contribution in [3.63, 3.8) is 0 Å². The van der Waals surface area contributed by atoms with Crippen LogP contribution in [0.5, 0.6) is 17.2 Å². The number of ether oxygens (including phenoxy) is 4. The smallest absolute Gasteiger partial charge is 0.351 e. The Morgan fingerprint density at radius 2 is 1.79 bits per heavy atom. The Morgan fingerprint density at radius 1 is 1.18 bits per heavy atom. The highest BCUT2D eigenvalue weighted by molar-refractivity contribution is 6.04. The maximum absolute atomic E-state index is 12.7. The Balaban J connectivity index is 2.20. The van der Waals surface area contributed by atoms with Gasteiger partial charge in [-0.15, -0.1) is 0 Å². The second kappa shape index (κ2) is 11.5. The zero-order valence-electron chi connectivity index (χ0n) is 18.3. The Kier molecular flexibility index (Phi) is 9.08. The second-order valence-electron chi connectivity index (χ2n) is 6.65. The van der Waals surface area contributed by atoms with Gasteiger partial charge in [0.25, 0.3) is 12.3 Å². The molecule has 3 atom stereocenters. The molecule has 0 saturated carbocycles. The van der Waals surface area contributed by atoms with E-state index in [9.17, 15) is 28.6 Å². The number of benzene rings is 1. The van der Waals surface area contributed by atoms with E-state index in [1.54, 1.807) is 0 Å². The molecule has 1 amide bonds. The van der Waals surface area contributed by atoms with Crippen molar-refractivity contribution in [3.8, 4) is 17.2 Å². The highest BCUT2D eigenvalue weighted by Gasteiger charge is 2.30. The van der Waals surface area contributed by atoms with E-state index >= 15 is 0 Å². The predicted molar refractivity (Wildman–Crippen MR) is 111 cm³/mol. The summed E-state index contributed by atoms with van der Waals surface area (Å²) in [5.74, 6) is 0.0862. The summed E-state index contributed by atoms with van der Waals surface area (Å²) in [6.45, 7) is 0.457. The van der Waals surface area contributed by atoms with Crippen LogP contribution in [0.4, 0.5) is 14.6 Å². The van der Waals surface area contributed by atoms with Crippen LogP contribution in [0.25, 0.3) is 0 Å². The number of halogens is 2. The van der Waals surface area contributed by atoms with Gasteiger partial charge in [-0.3, -0.25) is 9.36 Å². The molecular formula is C20H25F2N3O8. The van der Waals surface area contributed by atoms with Gasteiger partial charge < -0.3 is 34.5 Å². The number of amides is 1. The topological polar surface area (TPSA) is 141 Å². The van der Waals surface area contributed by atoms with Gasteiger partial charge in [0.2, 0.25) is 5.75 Å². The van der Waals surface area contributed by atoms with Crippen molar-refractivity contribution < 1.29 is 42.7 Å². The summed E-state index contributed by atoms with van der Waals surface area (Å²) in [5, 5.41) is 21.0. The molecule has 182 valence electrons. The number of nitrogens with one attached hydrogen (secondary N) is 1. The first-order chi connectivity index (χ1) is 15.7. The monoisotopic (exact) mass is 473 g/mol. The molecule has 0 bridgehead atoms. The van der Waals surface area contributed by atoms with Crippen LogP contribution in [0.3, 0.4) is 0 Å². The van der Waals surface area contributed by atoms with Crippen LogP contribution >= 0.6 is 0 Å². The number of hydrogen-bond acceptors (Lipinski definition) is 9. The van der Waals surface area contributed by atoms with Gasteiger partial charge in [-0.25, -0.2) is 13.6 Å². The third-order valence-electron chi connectivity index (χ3n) is 4.58. The molecule has 3 N–H and O–H groups in total. The molecule has 1 heterocycles. The molecule has 2 rings (SSSR count). The summed E-state index contributed by atoms with van der Waals surface area (Å²) in [4.78, 5) is 28.7. The minimum Gasteiger partial charge on any atom is -0.493 e. The lowest BCUT2D eigenvalue weighted by Gasteiger charge is -2.25. The van der Waals surface area contributed by atoms with Crippen molar-refractivity contribution in [2.75, 3.05) is 33.3 Å². The molecule has 0 fully saturated rings. The van der Waals surface area contributed by atoms with E-state index in [-0.39, 0.29) is 22.9 Å². The minimum absolute atomic E-state index is 0.0893. The lowest BCUT2D eigenvalue weighted by molar-refractivity contribution is -0.153. The normalized spacial score (nSPS) is 13.8. The number of aliphatic hydroxyl groups is 2. The molecule has 2 aromatic rings. The molecule has 0 aliphatic heterocycles. The fourth-order valence-corrected chi connectivity index (χ4v) is 2.87. The second-order valence-corrected chi connectivity index (χ2v) is 6.65. The van der Waals surface area contributed by atoms with Gasteiger partial charge in [-0.2, -0.15) is 4.98 Å². The van der Waals surface area contributed by atoms with Crippen LogP contribution in [-0.4, -0.2) is 72.2 Å². The molecule has 0 aliphatic rings. The number of carbonyl (C=O) groups excluding carboxylic acids is 1. The number of methoxy groups -OCH3 is 3. The fraction of sp³-hybridized carbons (Fsp3) is 0.450. The van der Waals surface area contributed by atoms with Gasteiger partial charge in [0.05, 0.1) is 27.9 Å². The quantitative estimate of drug-likeness (QED) is 0.436. The Hall–Kier alpha value is -3.29. The SMILES string of the molecule is COc1cc(C(=O)Nc2ccn([C@@H](C)OC(CO)C(O)C(F)F)c(=O)n2)cc(OC)c1OC. The highest BCUT2D eigenvalue weighted by atomic mass is 19.3. The predicted octanol–water partition coefficient (Wildman–Crippen LogP) is 1.04. The van der Waals surface area contributed by atoms with Crippen molar-refractivity contribution in [3.05, 3.63) is 40.4 Å². The van der Waals surface area contributed by atoms with Gasteiger partial charge in [0.15, 0.2) is 11.5 Å². The summed E-state index contributed by atoms with van der Waals surface area (Å²) in [5.41, 5.74) is -0.729. The van der Waals surface area contributed by atoms with Crippen molar-refractivity contribution >= 4 is 11.7 Å². The molecule has 2 unspecified atom stereocenters. The molecular weight excluding hydrogens is 448 g/mol. The number of rotatable bonds is 11. The van der Waals surface area contributed by atoms with Gasteiger partial charge >= 0.3 is 5.69 Å². The van der Waals surface area contributed by atoms with Crippen LogP contribution < -0.4 is 25.2 Å². The van der Waals surface area contributed by atoms with Crippen molar-refractivity contribution in [2.24, 2.45) is 0 Å². The van der Waals surface area contributed by atoms with E-state index in [1.165, 1.54) is 52.6 Å².